The summed E-state index contributed by atoms with van der Waals surface area (Å²) in [6, 6.07) is 21.9. The third-order valence-electron chi connectivity index (χ3n) is 8.20. The standard InChI is InChI=1S/C42H42O10/c1-28(2)40(44)49-23-7-5-4-6-22-48-36-19-16-32-25-34(13-12-33(32)26-36)42(46)51-35-17-14-31(15-18-35)41(45)52-37-20-10-29(24-38(37)47-3)11-21-39(43)50-27-30-8-9-30/h10-21,24-26,30H,1,4-9,22-23,27H2,2-3H3/b21-11+. The van der Waals surface area contributed by atoms with Crippen molar-refractivity contribution in [3.05, 3.63) is 114 Å². The van der Waals surface area contributed by atoms with Gasteiger partial charge in [-0.2, -0.15) is 0 Å². The molecule has 0 N–H and O–H groups in total. The van der Waals surface area contributed by atoms with Crippen LogP contribution < -0.4 is 18.9 Å². The molecule has 0 bridgehead atoms. The molecule has 5 rings (SSSR count). The maximum absolute atomic E-state index is 12.9. The SMILES string of the molecule is C=C(C)C(=O)OCCCCCCOc1ccc2cc(C(=O)Oc3ccc(C(=O)Oc4ccc(/C=C/C(=O)OCC5CC5)cc4OC)cc3)ccc2c1. The van der Waals surface area contributed by atoms with Crippen LogP contribution in [0.2, 0.25) is 0 Å². The van der Waals surface area contributed by atoms with E-state index in [1.807, 2.05) is 24.3 Å². The molecule has 0 atom stereocenters. The number of hydrogen-bond acceptors (Lipinski definition) is 10. The van der Waals surface area contributed by atoms with E-state index in [0.29, 0.717) is 48.2 Å². The largest absolute Gasteiger partial charge is 0.494 e. The van der Waals surface area contributed by atoms with Crippen molar-refractivity contribution < 1.29 is 47.6 Å². The van der Waals surface area contributed by atoms with Crippen molar-refractivity contribution in [3.8, 4) is 23.0 Å². The lowest BCUT2D eigenvalue weighted by Crippen LogP contribution is -2.10. The second-order valence-electron chi connectivity index (χ2n) is 12.5. The molecule has 0 heterocycles. The van der Waals surface area contributed by atoms with E-state index >= 15 is 0 Å². The average Bonchev–Trinajstić information content (AvgIpc) is 3.99. The Labute approximate surface area is 302 Å². The first-order valence-corrected chi connectivity index (χ1v) is 17.2. The number of benzene rings is 4. The normalized spacial score (nSPS) is 12.3. The Balaban J connectivity index is 1.07. The van der Waals surface area contributed by atoms with Gasteiger partial charge in [0.05, 0.1) is 38.1 Å². The molecule has 1 fully saturated rings. The van der Waals surface area contributed by atoms with Gasteiger partial charge in [0, 0.05) is 11.6 Å². The summed E-state index contributed by atoms with van der Waals surface area (Å²) in [5.41, 5.74) is 1.70. The van der Waals surface area contributed by atoms with Gasteiger partial charge in [-0.25, -0.2) is 19.2 Å². The molecular formula is C42H42O10. The fourth-order valence-electron chi connectivity index (χ4n) is 5.03. The number of ether oxygens (including phenoxy) is 6. The maximum atomic E-state index is 12.9. The van der Waals surface area contributed by atoms with Crippen LogP contribution in [0.4, 0.5) is 0 Å². The highest BCUT2D eigenvalue weighted by Crippen LogP contribution is 2.31. The summed E-state index contributed by atoms with van der Waals surface area (Å²) in [6.07, 6.45) is 8.73. The summed E-state index contributed by atoms with van der Waals surface area (Å²) in [5, 5.41) is 1.78. The predicted octanol–water partition coefficient (Wildman–Crippen LogP) is 8.31. The Bertz CT molecular complexity index is 1940. The number of methoxy groups -OCH3 is 1. The van der Waals surface area contributed by atoms with Crippen LogP contribution in [0.1, 0.15) is 71.7 Å². The number of rotatable bonds is 18. The zero-order valence-electron chi connectivity index (χ0n) is 29.4. The highest BCUT2D eigenvalue weighted by atomic mass is 16.6. The first-order valence-electron chi connectivity index (χ1n) is 17.2. The quantitative estimate of drug-likeness (QED) is 0.0432. The lowest BCUT2D eigenvalue weighted by Gasteiger charge is -2.11. The first kappa shape index (κ1) is 37.4. The average molecular weight is 707 g/mol. The summed E-state index contributed by atoms with van der Waals surface area (Å²) in [5.74, 6) is 0.0819. The van der Waals surface area contributed by atoms with Gasteiger partial charge in [0.2, 0.25) is 0 Å². The van der Waals surface area contributed by atoms with Gasteiger partial charge < -0.3 is 28.4 Å². The lowest BCUT2D eigenvalue weighted by atomic mass is 10.1. The van der Waals surface area contributed by atoms with E-state index in [-0.39, 0.29) is 23.0 Å². The molecule has 1 aliphatic carbocycles. The minimum Gasteiger partial charge on any atom is -0.494 e. The van der Waals surface area contributed by atoms with E-state index in [4.69, 9.17) is 28.4 Å². The second kappa shape index (κ2) is 18.4. The molecule has 270 valence electrons. The number of unbranched alkanes of at least 4 members (excludes halogenated alkanes) is 3. The van der Waals surface area contributed by atoms with Crippen molar-refractivity contribution in [2.75, 3.05) is 26.9 Å². The molecule has 1 saturated carbocycles. The van der Waals surface area contributed by atoms with Gasteiger partial charge >= 0.3 is 23.9 Å². The molecule has 0 unspecified atom stereocenters. The van der Waals surface area contributed by atoms with Crippen LogP contribution in [0.25, 0.3) is 16.8 Å². The third kappa shape index (κ3) is 11.3. The smallest absolute Gasteiger partial charge is 0.343 e. The molecule has 0 radical (unpaired) electrons. The second-order valence-corrected chi connectivity index (χ2v) is 12.5. The minimum absolute atomic E-state index is 0.207. The van der Waals surface area contributed by atoms with Gasteiger partial charge in [0.1, 0.15) is 11.5 Å². The first-order chi connectivity index (χ1) is 25.2. The Morgan fingerprint density at radius 2 is 1.38 bits per heavy atom. The third-order valence-corrected chi connectivity index (χ3v) is 8.20. The molecule has 10 nitrogen and oxygen atoms in total. The van der Waals surface area contributed by atoms with Crippen LogP contribution in [-0.4, -0.2) is 50.8 Å². The van der Waals surface area contributed by atoms with Crippen LogP contribution in [0.15, 0.2) is 97.1 Å². The fraction of sp³-hybridized carbons (Fsp3) is 0.286. The van der Waals surface area contributed by atoms with Crippen LogP contribution in [0, 0.1) is 5.92 Å². The van der Waals surface area contributed by atoms with Gasteiger partial charge in [-0.1, -0.05) is 24.8 Å². The van der Waals surface area contributed by atoms with Crippen LogP contribution in [0.5, 0.6) is 23.0 Å². The lowest BCUT2D eigenvalue weighted by molar-refractivity contribution is -0.139. The van der Waals surface area contributed by atoms with E-state index in [1.165, 1.54) is 37.5 Å². The fourth-order valence-corrected chi connectivity index (χ4v) is 5.03. The highest BCUT2D eigenvalue weighted by Gasteiger charge is 2.22. The predicted molar refractivity (Wildman–Crippen MR) is 196 cm³/mol. The zero-order valence-corrected chi connectivity index (χ0v) is 29.4. The van der Waals surface area contributed by atoms with Crippen molar-refractivity contribution in [3.63, 3.8) is 0 Å². The topological polar surface area (TPSA) is 124 Å². The summed E-state index contributed by atoms with van der Waals surface area (Å²) in [7, 11) is 1.46. The zero-order chi connectivity index (χ0) is 36.9. The number of carbonyl (C=O) groups is 4. The molecule has 0 aliphatic heterocycles. The maximum Gasteiger partial charge on any atom is 0.343 e. The molecule has 1 aliphatic rings. The van der Waals surface area contributed by atoms with Crippen molar-refractivity contribution in [1.29, 1.82) is 0 Å². The summed E-state index contributed by atoms with van der Waals surface area (Å²) >= 11 is 0. The van der Waals surface area contributed by atoms with Crippen LogP contribution >= 0.6 is 0 Å². The van der Waals surface area contributed by atoms with Crippen molar-refractivity contribution in [2.45, 2.75) is 45.4 Å². The van der Waals surface area contributed by atoms with Gasteiger partial charge in [-0.15, -0.1) is 0 Å². The minimum atomic E-state index is -0.625. The molecule has 0 amide bonds. The Hall–Kier alpha value is -5.90. The Morgan fingerprint density at radius 3 is 2.12 bits per heavy atom. The number of esters is 4. The Kier molecular flexibility index (Phi) is 13.2. The van der Waals surface area contributed by atoms with Crippen molar-refractivity contribution >= 4 is 40.7 Å². The molecule has 4 aromatic rings. The van der Waals surface area contributed by atoms with Crippen LogP contribution in [0.3, 0.4) is 0 Å². The number of fused-ring (bicyclic) bond motifs is 1. The monoisotopic (exact) mass is 706 g/mol. The summed E-state index contributed by atoms with van der Waals surface area (Å²) < 4.78 is 32.7. The molecular weight excluding hydrogens is 664 g/mol. The molecule has 0 saturated heterocycles. The van der Waals surface area contributed by atoms with E-state index < -0.39 is 17.9 Å². The molecule has 52 heavy (non-hydrogen) atoms. The van der Waals surface area contributed by atoms with Gasteiger partial charge in [0.15, 0.2) is 11.5 Å². The molecule has 10 heteroatoms. The number of carbonyl (C=O) groups excluding carboxylic acids is 4. The molecule has 0 spiro atoms. The van der Waals surface area contributed by atoms with E-state index in [0.717, 1.165) is 55.0 Å². The van der Waals surface area contributed by atoms with Crippen molar-refractivity contribution in [2.24, 2.45) is 5.92 Å². The molecule has 4 aromatic carbocycles. The van der Waals surface area contributed by atoms with Gasteiger partial charge in [-0.3, -0.25) is 0 Å². The summed E-state index contributed by atoms with van der Waals surface area (Å²) in [4.78, 5) is 49.2. The van der Waals surface area contributed by atoms with Crippen LogP contribution in [-0.2, 0) is 19.1 Å². The van der Waals surface area contributed by atoms with Gasteiger partial charge in [-0.05, 0) is 134 Å². The Morgan fingerprint density at radius 1 is 0.712 bits per heavy atom. The number of hydrogen-bond donors (Lipinski definition) is 0. The molecule has 0 aromatic heterocycles. The van der Waals surface area contributed by atoms with E-state index in [9.17, 15) is 19.2 Å². The van der Waals surface area contributed by atoms with Gasteiger partial charge in [0.25, 0.3) is 0 Å². The van der Waals surface area contributed by atoms with E-state index in [2.05, 4.69) is 6.58 Å². The van der Waals surface area contributed by atoms with E-state index in [1.54, 1.807) is 43.3 Å². The van der Waals surface area contributed by atoms with Crippen molar-refractivity contribution in [1.82, 2.24) is 0 Å². The summed E-state index contributed by atoms with van der Waals surface area (Å²) in [6.45, 7) is 6.60. The highest BCUT2D eigenvalue weighted by molar-refractivity contribution is 5.97.